The predicted octanol–water partition coefficient (Wildman–Crippen LogP) is 0.502. The third kappa shape index (κ3) is 2.67. The fourth-order valence-corrected chi connectivity index (χ4v) is 4.95. The fraction of sp³-hybridized carbons (Fsp3) is 0.611. The molecule has 27 heavy (non-hydrogen) atoms. The Bertz CT molecular complexity index is 1050. The summed E-state index contributed by atoms with van der Waals surface area (Å²) in [6, 6.07) is 0. The largest absolute Gasteiger partial charge is 0.341 e. The van der Waals surface area contributed by atoms with E-state index in [0.29, 0.717) is 25.5 Å². The number of aryl methyl sites for hydroxylation is 1. The Balaban J connectivity index is 1.51. The molecule has 0 N–H and O–H groups in total. The molecular formula is C18H21N5O3S. The summed E-state index contributed by atoms with van der Waals surface area (Å²) in [6.07, 6.45) is 3.53. The van der Waals surface area contributed by atoms with Gasteiger partial charge in [0.25, 0.3) is 0 Å². The minimum atomic E-state index is -0.606. The molecule has 2 aromatic rings. The Morgan fingerprint density at radius 2 is 2.04 bits per heavy atom. The molecule has 2 fully saturated rings. The Kier molecular flexibility index (Phi) is 3.65. The van der Waals surface area contributed by atoms with E-state index in [9.17, 15) is 14.4 Å². The summed E-state index contributed by atoms with van der Waals surface area (Å²) in [6.45, 7) is 3.91. The van der Waals surface area contributed by atoms with Gasteiger partial charge < -0.3 is 4.90 Å². The lowest BCUT2D eigenvalue weighted by Gasteiger charge is -2.23. The van der Waals surface area contributed by atoms with Crippen molar-refractivity contribution in [3.8, 4) is 0 Å². The van der Waals surface area contributed by atoms with Gasteiger partial charge in [-0.05, 0) is 32.6 Å². The first-order valence-electron chi connectivity index (χ1n) is 9.39. The van der Waals surface area contributed by atoms with Crippen LogP contribution in [0.15, 0.2) is 15.0 Å². The minimum absolute atomic E-state index is 0.193. The van der Waals surface area contributed by atoms with Gasteiger partial charge in [-0.1, -0.05) is 0 Å². The Morgan fingerprint density at radius 3 is 2.74 bits per heavy atom. The Hall–Kier alpha value is -2.29. The third-order valence-corrected chi connectivity index (χ3v) is 6.81. The van der Waals surface area contributed by atoms with E-state index in [4.69, 9.17) is 0 Å². The van der Waals surface area contributed by atoms with Gasteiger partial charge >= 0.3 is 11.1 Å². The van der Waals surface area contributed by atoms with Crippen LogP contribution in [-0.2, 0) is 23.3 Å². The second-order valence-corrected chi connectivity index (χ2v) is 8.98. The van der Waals surface area contributed by atoms with Gasteiger partial charge in [-0.25, -0.2) is 9.67 Å². The lowest BCUT2D eigenvalue weighted by atomic mass is 9.85. The van der Waals surface area contributed by atoms with Gasteiger partial charge in [0.15, 0.2) is 0 Å². The Labute approximate surface area is 159 Å². The SMILES string of the molecule is Cc1nc(Cn2nc3n(c(=O)c2=O)CC[C@]32CCN(C(=O)C3CC3)C2)cs1. The van der Waals surface area contributed by atoms with Crippen molar-refractivity contribution in [3.63, 3.8) is 0 Å². The van der Waals surface area contributed by atoms with Crippen molar-refractivity contribution in [1.29, 1.82) is 0 Å². The van der Waals surface area contributed by atoms with Gasteiger partial charge in [0.05, 0.1) is 22.7 Å². The van der Waals surface area contributed by atoms with Crippen molar-refractivity contribution >= 4 is 17.2 Å². The quantitative estimate of drug-likeness (QED) is 0.716. The zero-order chi connectivity index (χ0) is 18.8. The molecule has 142 valence electrons. The number of likely N-dealkylation sites (tertiary alicyclic amines) is 1. The zero-order valence-corrected chi connectivity index (χ0v) is 16.0. The maximum Gasteiger partial charge on any atom is 0.332 e. The summed E-state index contributed by atoms with van der Waals surface area (Å²) in [7, 11) is 0. The number of hydrogen-bond acceptors (Lipinski definition) is 6. The number of hydrogen-bond donors (Lipinski definition) is 0. The highest BCUT2D eigenvalue weighted by Gasteiger charge is 2.49. The molecule has 0 unspecified atom stereocenters. The van der Waals surface area contributed by atoms with E-state index in [0.717, 1.165) is 36.4 Å². The molecule has 1 amide bonds. The van der Waals surface area contributed by atoms with Crippen LogP contribution in [0.3, 0.4) is 0 Å². The van der Waals surface area contributed by atoms with Gasteiger partial charge in [0.2, 0.25) is 5.91 Å². The third-order valence-electron chi connectivity index (χ3n) is 5.99. The molecule has 1 aliphatic carbocycles. The summed E-state index contributed by atoms with van der Waals surface area (Å²) in [4.78, 5) is 43.9. The van der Waals surface area contributed by atoms with Crippen molar-refractivity contribution in [1.82, 2.24) is 24.2 Å². The first-order valence-corrected chi connectivity index (χ1v) is 10.3. The number of rotatable bonds is 3. The van der Waals surface area contributed by atoms with Crippen LogP contribution in [0, 0.1) is 12.8 Å². The molecule has 1 saturated carbocycles. The van der Waals surface area contributed by atoms with E-state index in [1.54, 1.807) is 0 Å². The summed E-state index contributed by atoms with van der Waals surface area (Å²) in [5.41, 5.74) is -0.696. The van der Waals surface area contributed by atoms with Crippen molar-refractivity contribution in [2.24, 2.45) is 5.92 Å². The van der Waals surface area contributed by atoms with Crippen LogP contribution < -0.4 is 11.1 Å². The number of carbonyl (C=O) groups excluding carboxylic acids is 1. The van der Waals surface area contributed by atoms with E-state index >= 15 is 0 Å². The molecule has 9 heteroatoms. The van der Waals surface area contributed by atoms with Crippen molar-refractivity contribution < 1.29 is 4.79 Å². The van der Waals surface area contributed by atoms with Crippen LogP contribution in [0.5, 0.6) is 0 Å². The molecular weight excluding hydrogens is 366 g/mol. The maximum absolute atomic E-state index is 12.6. The van der Waals surface area contributed by atoms with Gasteiger partial charge in [0.1, 0.15) is 5.82 Å². The fourth-order valence-electron chi connectivity index (χ4n) is 4.35. The maximum atomic E-state index is 12.6. The first-order chi connectivity index (χ1) is 13.0. The van der Waals surface area contributed by atoms with E-state index in [1.807, 2.05) is 17.2 Å². The number of amides is 1. The molecule has 0 bridgehead atoms. The second-order valence-electron chi connectivity index (χ2n) is 7.92. The number of nitrogens with zero attached hydrogens (tertiary/aromatic N) is 5. The molecule has 1 spiro atoms. The predicted molar refractivity (Wildman–Crippen MR) is 98.9 cm³/mol. The molecule has 2 aromatic heterocycles. The molecule has 5 rings (SSSR count). The minimum Gasteiger partial charge on any atom is -0.341 e. The van der Waals surface area contributed by atoms with Crippen LogP contribution in [0.4, 0.5) is 0 Å². The van der Waals surface area contributed by atoms with Gasteiger partial charge in [0, 0.05) is 30.9 Å². The molecule has 1 atom stereocenters. The lowest BCUT2D eigenvalue weighted by molar-refractivity contribution is -0.131. The van der Waals surface area contributed by atoms with Crippen LogP contribution in [-0.4, -0.2) is 43.2 Å². The first kappa shape index (κ1) is 16.9. The molecule has 0 aromatic carbocycles. The molecule has 3 aliphatic rings. The molecule has 0 radical (unpaired) electrons. The zero-order valence-electron chi connectivity index (χ0n) is 15.2. The smallest absolute Gasteiger partial charge is 0.332 e. The summed E-state index contributed by atoms with van der Waals surface area (Å²) >= 11 is 1.51. The second kappa shape index (κ2) is 5.85. The van der Waals surface area contributed by atoms with E-state index in [2.05, 4.69) is 10.1 Å². The van der Waals surface area contributed by atoms with Crippen LogP contribution >= 0.6 is 11.3 Å². The summed E-state index contributed by atoms with van der Waals surface area (Å²) < 4.78 is 2.78. The molecule has 4 heterocycles. The summed E-state index contributed by atoms with van der Waals surface area (Å²) in [5, 5.41) is 7.40. The topological polar surface area (TPSA) is 90.1 Å². The van der Waals surface area contributed by atoms with Crippen LogP contribution in [0.1, 0.15) is 42.2 Å². The number of fused-ring (bicyclic) bond motifs is 2. The normalized spacial score (nSPS) is 24.0. The van der Waals surface area contributed by atoms with E-state index in [-0.39, 0.29) is 23.8 Å². The van der Waals surface area contributed by atoms with Crippen LogP contribution in [0.2, 0.25) is 0 Å². The lowest BCUT2D eigenvalue weighted by Crippen LogP contribution is -2.45. The molecule has 1 saturated heterocycles. The number of carbonyl (C=O) groups is 1. The van der Waals surface area contributed by atoms with Gasteiger partial charge in [-0.2, -0.15) is 5.10 Å². The number of aromatic nitrogens is 4. The standard InChI is InChI=1S/C18H21N5O3S/c1-11-19-13(9-27-11)8-23-16(26)15(25)22-7-5-18(17(22)20-23)4-6-21(10-18)14(24)12-2-3-12/h9,12H,2-8,10H2,1H3/t18-/m0/s1. The Morgan fingerprint density at radius 1 is 1.26 bits per heavy atom. The highest BCUT2D eigenvalue weighted by Crippen LogP contribution is 2.42. The highest BCUT2D eigenvalue weighted by molar-refractivity contribution is 7.09. The van der Waals surface area contributed by atoms with Crippen molar-refractivity contribution in [2.45, 2.75) is 51.1 Å². The highest BCUT2D eigenvalue weighted by atomic mass is 32.1. The average Bonchev–Trinajstić information content (AvgIpc) is 3.14. The van der Waals surface area contributed by atoms with Crippen LogP contribution in [0.25, 0.3) is 0 Å². The van der Waals surface area contributed by atoms with Gasteiger partial charge in [-0.15, -0.1) is 11.3 Å². The summed E-state index contributed by atoms with van der Waals surface area (Å²) in [5.74, 6) is 1.09. The monoisotopic (exact) mass is 387 g/mol. The molecule has 2 aliphatic heterocycles. The van der Waals surface area contributed by atoms with Crippen molar-refractivity contribution in [3.05, 3.63) is 42.6 Å². The molecule has 8 nitrogen and oxygen atoms in total. The van der Waals surface area contributed by atoms with Crippen molar-refractivity contribution in [2.75, 3.05) is 13.1 Å². The average molecular weight is 387 g/mol. The van der Waals surface area contributed by atoms with Gasteiger partial charge in [-0.3, -0.25) is 19.0 Å². The van der Waals surface area contributed by atoms with E-state index < -0.39 is 11.1 Å². The number of thiazole rings is 1. The van der Waals surface area contributed by atoms with E-state index in [1.165, 1.54) is 20.6 Å².